The summed E-state index contributed by atoms with van der Waals surface area (Å²) in [5.41, 5.74) is 1.69. The van der Waals surface area contributed by atoms with Crippen molar-refractivity contribution < 1.29 is 13.2 Å². The molecule has 1 N–H and O–H groups in total. The van der Waals surface area contributed by atoms with Gasteiger partial charge in [-0.15, -0.1) is 0 Å². The van der Waals surface area contributed by atoms with Crippen molar-refractivity contribution >= 4 is 32.5 Å². The number of amides is 1. The van der Waals surface area contributed by atoms with E-state index in [2.05, 4.69) is 24.1 Å². The number of piperidine rings is 1. The van der Waals surface area contributed by atoms with Crippen molar-refractivity contribution in [3.8, 4) is 0 Å². The molecule has 1 fully saturated rings. The number of benzene rings is 2. The zero-order valence-corrected chi connectivity index (χ0v) is 19.8. The number of hydrogen-bond acceptors (Lipinski definition) is 5. The van der Waals surface area contributed by atoms with Crippen LogP contribution in [0.5, 0.6) is 0 Å². The highest BCUT2D eigenvalue weighted by molar-refractivity contribution is 7.89. The van der Waals surface area contributed by atoms with Gasteiger partial charge in [0.1, 0.15) is 6.54 Å². The molecule has 0 bridgehead atoms. The molecule has 9 heteroatoms. The van der Waals surface area contributed by atoms with Crippen LogP contribution in [0, 0.1) is 18.8 Å². The molecule has 33 heavy (non-hydrogen) atoms. The van der Waals surface area contributed by atoms with Crippen molar-refractivity contribution in [3.63, 3.8) is 0 Å². The fourth-order valence-electron chi connectivity index (χ4n) is 4.40. The van der Waals surface area contributed by atoms with Crippen LogP contribution in [0.3, 0.4) is 0 Å². The van der Waals surface area contributed by atoms with E-state index in [1.165, 1.54) is 23.0 Å². The van der Waals surface area contributed by atoms with Crippen LogP contribution in [-0.2, 0) is 21.4 Å². The highest BCUT2D eigenvalue weighted by Crippen LogP contribution is 2.27. The summed E-state index contributed by atoms with van der Waals surface area (Å²) in [6.07, 6.45) is 2.38. The van der Waals surface area contributed by atoms with Gasteiger partial charge in [-0.25, -0.2) is 13.4 Å². The molecule has 1 aromatic heterocycles. The summed E-state index contributed by atoms with van der Waals surface area (Å²) in [5.74, 6) is 0.234. The minimum atomic E-state index is -3.58. The Morgan fingerprint density at radius 1 is 1.09 bits per heavy atom. The molecule has 1 aliphatic heterocycles. The minimum absolute atomic E-state index is 0.195. The van der Waals surface area contributed by atoms with Gasteiger partial charge in [-0.2, -0.15) is 4.31 Å². The summed E-state index contributed by atoms with van der Waals surface area (Å²) >= 11 is 0. The van der Waals surface area contributed by atoms with E-state index in [1.54, 1.807) is 28.6 Å². The van der Waals surface area contributed by atoms with Gasteiger partial charge in [0.25, 0.3) is 5.56 Å². The van der Waals surface area contributed by atoms with Crippen molar-refractivity contribution in [2.75, 3.05) is 18.4 Å². The largest absolute Gasteiger partial charge is 0.325 e. The average Bonchev–Trinajstić information content (AvgIpc) is 2.76. The first kappa shape index (κ1) is 23.1. The number of sulfonamides is 1. The van der Waals surface area contributed by atoms with Crippen molar-refractivity contribution in [2.24, 2.45) is 11.8 Å². The maximum atomic E-state index is 13.0. The van der Waals surface area contributed by atoms with Crippen LogP contribution in [0.4, 0.5) is 5.69 Å². The molecule has 2 aromatic carbocycles. The molecule has 4 rings (SSSR count). The van der Waals surface area contributed by atoms with Gasteiger partial charge in [0.15, 0.2) is 0 Å². The fraction of sp³-hybridized carbons (Fsp3) is 0.375. The van der Waals surface area contributed by atoms with E-state index in [1.807, 2.05) is 13.0 Å². The Morgan fingerprint density at radius 2 is 1.76 bits per heavy atom. The Kier molecular flexibility index (Phi) is 6.36. The van der Waals surface area contributed by atoms with Crippen LogP contribution in [-0.4, -0.2) is 41.3 Å². The SMILES string of the molecule is Cc1ccc2ncn(CC(=O)Nc3ccc(S(=O)(=O)N4CC(C)CC(C)C4)cc3)c(=O)c2c1. The number of rotatable bonds is 5. The number of nitrogens with zero attached hydrogens (tertiary/aromatic N) is 3. The second-order valence-electron chi connectivity index (χ2n) is 9.04. The first-order valence-electron chi connectivity index (χ1n) is 11.0. The summed E-state index contributed by atoms with van der Waals surface area (Å²) in [7, 11) is -3.58. The standard InChI is InChI=1S/C24H28N4O4S/c1-16-4-9-22-21(11-16)24(30)27(15-25-22)14-23(29)26-19-5-7-20(8-6-19)33(31,32)28-12-17(2)10-18(3)13-28/h4-9,11,15,17-18H,10,12-14H2,1-3H3,(H,26,29). The van der Waals surface area contributed by atoms with Crippen LogP contribution < -0.4 is 10.9 Å². The van der Waals surface area contributed by atoms with E-state index in [9.17, 15) is 18.0 Å². The molecule has 0 saturated carbocycles. The van der Waals surface area contributed by atoms with Gasteiger partial charge in [-0.3, -0.25) is 14.2 Å². The molecule has 3 aromatic rings. The summed E-state index contributed by atoms with van der Waals surface area (Å²) < 4.78 is 28.8. The third-order valence-electron chi connectivity index (χ3n) is 5.90. The second kappa shape index (κ2) is 9.07. The minimum Gasteiger partial charge on any atom is -0.325 e. The molecule has 0 spiro atoms. The number of aromatic nitrogens is 2. The molecule has 0 aliphatic carbocycles. The van der Waals surface area contributed by atoms with Crippen LogP contribution in [0.15, 0.2) is 58.5 Å². The number of hydrogen-bond donors (Lipinski definition) is 1. The van der Waals surface area contributed by atoms with Gasteiger partial charge in [0.05, 0.1) is 22.1 Å². The van der Waals surface area contributed by atoms with E-state index >= 15 is 0 Å². The maximum absolute atomic E-state index is 13.0. The normalized spacial score (nSPS) is 19.5. The van der Waals surface area contributed by atoms with Crippen LogP contribution in [0.25, 0.3) is 10.9 Å². The Labute approximate surface area is 193 Å². The second-order valence-corrected chi connectivity index (χ2v) is 11.0. The maximum Gasteiger partial charge on any atom is 0.261 e. The van der Waals surface area contributed by atoms with Crippen molar-refractivity contribution in [3.05, 3.63) is 64.7 Å². The van der Waals surface area contributed by atoms with Crippen molar-refractivity contribution in [2.45, 2.75) is 38.6 Å². The molecule has 2 atom stereocenters. The van der Waals surface area contributed by atoms with Crippen molar-refractivity contribution in [1.82, 2.24) is 13.9 Å². The first-order chi connectivity index (χ1) is 15.6. The molecule has 1 saturated heterocycles. The lowest BCUT2D eigenvalue weighted by Crippen LogP contribution is -2.42. The number of fused-ring (bicyclic) bond motifs is 1. The summed E-state index contributed by atoms with van der Waals surface area (Å²) in [5, 5.41) is 3.17. The van der Waals surface area contributed by atoms with Gasteiger partial charge in [-0.05, 0) is 61.6 Å². The highest BCUT2D eigenvalue weighted by Gasteiger charge is 2.31. The molecule has 1 aliphatic rings. The molecule has 1 amide bonds. The third-order valence-corrected chi connectivity index (χ3v) is 7.75. The van der Waals surface area contributed by atoms with Crippen molar-refractivity contribution in [1.29, 1.82) is 0 Å². The lowest BCUT2D eigenvalue weighted by molar-refractivity contribution is -0.116. The van der Waals surface area contributed by atoms with Crippen LogP contribution in [0.2, 0.25) is 0 Å². The van der Waals surface area contributed by atoms with E-state index in [0.717, 1.165) is 12.0 Å². The average molecular weight is 469 g/mol. The molecular formula is C24H28N4O4S. The smallest absolute Gasteiger partial charge is 0.261 e. The Hall–Kier alpha value is -3.04. The van der Waals surface area contributed by atoms with Gasteiger partial charge in [0, 0.05) is 18.8 Å². The molecule has 0 radical (unpaired) electrons. The summed E-state index contributed by atoms with van der Waals surface area (Å²) in [4.78, 5) is 29.7. The van der Waals surface area contributed by atoms with E-state index in [4.69, 9.17) is 0 Å². The quantitative estimate of drug-likeness (QED) is 0.620. The van der Waals surface area contributed by atoms with Gasteiger partial charge in [0.2, 0.25) is 15.9 Å². The van der Waals surface area contributed by atoms with Crippen LogP contribution >= 0.6 is 0 Å². The summed E-state index contributed by atoms with van der Waals surface area (Å²) in [6.45, 7) is 6.85. The zero-order valence-electron chi connectivity index (χ0n) is 19.0. The predicted molar refractivity (Wildman–Crippen MR) is 128 cm³/mol. The van der Waals surface area contributed by atoms with E-state index < -0.39 is 15.9 Å². The lowest BCUT2D eigenvalue weighted by Gasteiger charge is -2.34. The molecular weight excluding hydrogens is 440 g/mol. The van der Waals surface area contributed by atoms with Gasteiger partial charge < -0.3 is 5.32 Å². The molecule has 174 valence electrons. The fourth-order valence-corrected chi connectivity index (χ4v) is 6.08. The topological polar surface area (TPSA) is 101 Å². The molecule has 2 heterocycles. The number of anilines is 1. The zero-order chi connectivity index (χ0) is 23.8. The number of aryl methyl sites for hydroxylation is 1. The number of carbonyl (C=O) groups is 1. The lowest BCUT2D eigenvalue weighted by atomic mass is 9.94. The Bertz CT molecular complexity index is 1340. The summed E-state index contributed by atoms with van der Waals surface area (Å²) in [6, 6.07) is 11.5. The highest BCUT2D eigenvalue weighted by atomic mass is 32.2. The van der Waals surface area contributed by atoms with Gasteiger partial charge >= 0.3 is 0 Å². The number of carbonyl (C=O) groups excluding carboxylic acids is 1. The Morgan fingerprint density at radius 3 is 2.42 bits per heavy atom. The Balaban J connectivity index is 1.46. The van der Waals surface area contributed by atoms with Crippen LogP contribution in [0.1, 0.15) is 25.8 Å². The third kappa shape index (κ3) is 4.99. The van der Waals surface area contributed by atoms with E-state index in [0.29, 0.717) is 41.5 Å². The first-order valence-corrected chi connectivity index (χ1v) is 12.4. The van der Waals surface area contributed by atoms with Gasteiger partial charge in [-0.1, -0.05) is 25.5 Å². The van der Waals surface area contributed by atoms with E-state index in [-0.39, 0.29) is 17.0 Å². The monoisotopic (exact) mass is 468 g/mol. The number of nitrogens with one attached hydrogen (secondary N) is 1. The predicted octanol–water partition coefficient (Wildman–Crippen LogP) is 3.01. The molecule has 8 nitrogen and oxygen atoms in total. The molecule has 2 unspecified atom stereocenters.